The summed E-state index contributed by atoms with van der Waals surface area (Å²) in [5.41, 5.74) is 9.66. The van der Waals surface area contributed by atoms with Gasteiger partial charge in [0.1, 0.15) is 12.4 Å². The van der Waals surface area contributed by atoms with Crippen LogP contribution in [0, 0.1) is 0 Å². The number of fused-ring (bicyclic) bond motifs is 1. The van der Waals surface area contributed by atoms with Crippen molar-refractivity contribution in [3.8, 4) is 5.75 Å². The average molecular weight is 588 g/mol. The normalized spacial score (nSPS) is 12.7. The van der Waals surface area contributed by atoms with E-state index in [1.54, 1.807) is 6.07 Å². The number of nitrogens with zero attached hydrogens (tertiary/aromatic N) is 1. The van der Waals surface area contributed by atoms with Crippen molar-refractivity contribution in [1.29, 1.82) is 0 Å². The molecule has 0 aliphatic rings. The molecule has 0 spiro atoms. The van der Waals surface area contributed by atoms with Crippen LogP contribution in [-0.2, 0) is 17.5 Å². The maximum Gasteiger partial charge on any atom is 0.407 e. The molecule has 0 aliphatic carbocycles. The number of nitrogens with two attached hydrogens (primary N) is 1. The molecule has 0 fully saturated rings. The van der Waals surface area contributed by atoms with Gasteiger partial charge in [-0.3, -0.25) is 4.79 Å². The first kappa shape index (κ1) is 30.9. The molecule has 222 valence electrons. The minimum Gasteiger partial charge on any atom is -0.487 e. The van der Waals surface area contributed by atoms with E-state index in [1.807, 2.05) is 66.7 Å². The number of ether oxygens (including phenoxy) is 1. The topological polar surface area (TPSA) is 118 Å². The Labute approximate surface area is 248 Å². The molecule has 4 N–H and O–H groups in total. The molecule has 0 bridgehead atoms. The number of H-pyrrole nitrogens is 1. The molecule has 0 saturated heterocycles. The van der Waals surface area contributed by atoms with Crippen molar-refractivity contribution >= 4 is 31.0 Å². The Kier molecular flexibility index (Phi) is 9.43. The van der Waals surface area contributed by atoms with Gasteiger partial charge in [0, 0.05) is 23.7 Å². The molecule has 0 saturated carbocycles. The number of hydrogen-bond donors (Lipinski definition) is 3. The molecule has 9 heteroatoms. The zero-order valence-electron chi connectivity index (χ0n) is 25.0. The molecule has 1 amide bonds. The lowest BCUT2D eigenvalue weighted by Gasteiger charge is -2.40. The van der Waals surface area contributed by atoms with E-state index in [4.69, 9.17) is 14.9 Å². The second-order valence-electron chi connectivity index (χ2n) is 12.1. The van der Waals surface area contributed by atoms with Crippen LogP contribution in [-0.4, -0.2) is 42.5 Å². The third kappa shape index (κ3) is 7.60. The number of amides is 1. The largest absolute Gasteiger partial charge is 0.487 e. The molecular formula is C33H41N3O5Si. The minimum absolute atomic E-state index is 0.107. The number of aromatic nitrogens is 1. The zero-order valence-corrected chi connectivity index (χ0v) is 26.0. The van der Waals surface area contributed by atoms with Gasteiger partial charge in [-0.2, -0.15) is 0 Å². The van der Waals surface area contributed by atoms with E-state index in [0.717, 1.165) is 22.1 Å². The van der Waals surface area contributed by atoms with Crippen molar-refractivity contribution in [2.24, 2.45) is 0 Å². The number of nitrogens with one attached hydrogen (secondary N) is 1. The van der Waals surface area contributed by atoms with Crippen LogP contribution in [0.2, 0.25) is 18.1 Å². The van der Waals surface area contributed by atoms with E-state index in [9.17, 15) is 14.7 Å². The highest BCUT2D eigenvalue weighted by atomic mass is 28.4. The van der Waals surface area contributed by atoms with Crippen molar-refractivity contribution in [1.82, 2.24) is 9.88 Å². The molecule has 1 atom stereocenters. The van der Waals surface area contributed by atoms with Gasteiger partial charge in [-0.25, -0.2) is 4.79 Å². The Morgan fingerprint density at radius 1 is 1.00 bits per heavy atom. The summed E-state index contributed by atoms with van der Waals surface area (Å²) in [6.45, 7) is 11.5. The van der Waals surface area contributed by atoms with Gasteiger partial charge >= 0.3 is 6.09 Å². The quantitative estimate of drug-likeness (QED) is 0.129. The molecule has 1 aromatic heterocycles. The van der Waals surface area contributed by atoms with E-state index in [2.05, 4.69) is 38.8 Å². The summed E-state index contributed by atoms with van der Waals surface area (Å²) in [5, 5.41) is 10.9. The van der Waals surface area contributed by atoms with Gasteiger partial charge in [-0.15, -0.1) is 0 Å². The van der Waals surface area contributed by atoms with E-state index in [0.29, 0.717) is 30.0 Å². The van der Waals surface area contributed by atoms with Crippen molar-refractivity contribution in [2.75, 3.05) is 18.8 Å². The summed E-state index contributed by atoms with van der Waals surface area (Å²) >= 11 is 0. The number of pyridine rings is 1. The van der Waals surface area contributed by atoms with Crippen LogP contribution in [0.1, 0.15) is 43.6 Å². The number of carboxylic acid groups (broad SMARTS) is 1. The maximum absolute atomic E-state index is 12.5. The summed E-state index contributed by atoms with van der Waals surface area (Å²) in [5.74, 6) is 0.540. The van der Waals surface area contributed by atoms with Gasteiger partial charge in [-0.05, 0) is 65.5 Å². The Balaban J connectivity index is 1.72. The molecule has 0 aliphatic heterocycles. The smallest absolute Gasteiger partial charge is 0.407 e. The molecule has 4 aromatic rings. The monoisotopic (exact) mass is 587 g/mol. The van der Waals surface area contributed by atoms with Gasteiger partial charge < -0.3 is 29.9 Å². The molecule has 0 unspecified atom stereocenters. The first-order valence-corrected chi connectivity index (χ1v) is 17.1. The molecule has 0 radical (unpaired) electrons. The minimum atomic E-state index is -2.36. The standard InChI is InChI=1S/C33H41N3O5Si/c1-33(2,3)42(4,5)41-29(21-36(32(38)39)19-18-23-12-9-13-25(34)20-23)26-14-16-28(31-27(26)15-17-30(37)35-31)40-22-24-10-7-6-8-11-24/h6-17,20,29H,18-19,21-22,34H2,1-5H3,(H,35,37)(H,38,39)/t29-/m0/s1. The average Bonchev–Trinajstić information content (AvgIpc) is 2.93. The summed E-state index contributed by atoms with van der Waals surface area (Å²) in [6.07, 6.45) is -1.08. The van der Waals surface area contributed by atoms with Gasteiger partial charge in [0.15, 0.2) is 8.32 Å². The highest BCUT2D eigenvalue weighted by molar-refractivity contribution is 6.74. The summed E-state index contributed by atoms with van der Waals surface area (Å²) < 4.78 is 13.1. The number of aromatic amines is 1. The van der Waals surface area contributed by atoms with Crippen LogP contribution >= 0.6 is 0 Å². The fraction of sp³-hybridized carbons (Fsp3) is 0.333. The second kappa shape index (κ2) is 12.8. The first-order valence-electron chi connectivity index (χ1n) is 14.2. The number of benzene rings is 3. The lowest BCUT2D eigenvalue weighted by Crippen LogP contribution is -2.45. The van der Waals surface area contributed by atoms with E-state index >= 15 is 0 Å². The number of anilines is 1. The fourth-order valence-corrected chi connectivity index (χ4v) is 5.86. The van der Waals surface area contributed by atoms with Crippen molar-refractivity contribution in [2.45, 2.75) is 58.0 Å². The Morgan fingerprint density at radius 2 is 1.71 bits per heavy atom. The van der Waals surface area contributed by atoms with Crippen LogP contribution in [0.15, 0.2) is 83.7 Å². The predicted molar refractivity (Wildman–Crippen MR) is 171 cm³/mol. The third-order valence-electron chi connectivity index (χ3n) is 8.00. The molecular weight excluding hydrogens is 546 g/mol. The lowest BCUT2D eigenvalue weighted by molar-refractivity contribution is 0.102. The third-order valence-corrected chi connectivity index (χ3v) is 12.5. The summed E-state index contributed by atoms with van der Waals surface area (Å²) in [4.78, 5) is 29.3. The molecule has 4 rings (SSSR count). The van der Waals surface area contributed by atoms with Gasteiger partial charge in [0.05, 0.1) is 18.2 Å². The van der Waals surface area contributed by atoms with Gasteiger partial charge in [-0.1, -0.05) is 69.3 Å². The lowest BCUT2D eigenvalue weighted by atomic mass is 10.0. The number of rotatable bonds is 11. The first-order chi connectivity index (χ1) is 19.8. The molecule has 42 heavy (non-hydrogen) atoms. The number of hydrogen-bond acceptors (Lipinski definition) is 5. The van der Waals surface area contributed by atoms with E-state index < -0.39 is 20.5 Å². The summed E-state index contributed by atoms with van der Waals surface area (Å²) in [6, 6.07) is 24.3. The summed E-state index contributed by atoms with van der Waals surface area (Å²) in [7, 11) is -2.36. The van der Waals surface area contributed by atoms with Crippen molar-refractivity contribution in [3.05, 3.63) is 106 Å². The van der Waals surface area contributed by atoms with Crippen molar-refractivity contribution in [3.63, 3.8) is 0 Å². The van der Waals surface area contributed by atoms with Crippen LogP contribution in [0.4, 0.5) is 10.5 Å². The van der Waals surface area contributed by atoms with Crippen LogP contribution in [0.5, 0.6) is 5.75 Å². The van der Waals surface area contributed by atoms with Gasteiger partial charge in [0.25, 0.3) is 0 Å². The highest BCUT2D eigenvalue weighted by Crippen LogP contribution is 2.41. The van der Waals surface area contributed by atoms with E-state index in [-0.39, 0.29) is 23.7 Å². The van der Waals surface area contributed by atoms with Crippen LogP contribution in [0.3, 0.4) is 0 Å². The van der Waals surface area contributed by atoms with E-state index in [1.165, 1.54) is 11.0 Å². The fourth-order valence-electron chi connectivity index (χ4n) is 4.59. The molecule has 1 heterocycles. The number of carbonyl (C=O) groups is 1. The zero-order chi connectivity index (χ0) is 30.5. The second-order valence-corrected chi connectivity index (χ2v) is 16.9. The molecule has 8 nitrogen and oxygen atoms in total. The van der Waals surface area contributed by atoms with Gasteiger partial charge in [0.2, 0.25) is 5.56 Å². The number of nitrogen functional groups attached to an aromatic ring is 1. The SMILES string of the molecule is CC(C)(C)[Si](C)(C)O[C@@H](CN(CCc1cccc(N)c1)C(=O)O)c1ccc(OCc2ccccc2)c2[nH]c(=O)ccc12. The Hall–Kier alpha value is -4.08. The van der Waals surface area contributed by atoms with Crippen molar-refractivity contribution < 1.29 is 19.1 Å². The van der Waals surface area contributed by atoms with Crippen LogP contribution < -0.4 is 16.0 Å². The predicted octanol–water partition coefficient (Wildman–Crippen LogP) is 6.97. The molecule has 3 aromatic carbocycles. The maximum atomic E-state index is 12.5. The Morgan fingerprint density at radius 3 is 2.38 bits per heavy atom. The highest BCUT2D eigenvalue weighted by Gasteiger charge is 2.40. The Bertz CT molecular complexity index is 1580. The van der Waals surface area contributed by atoms with Crippen LogP contribution in [0.25, 0.3) is 10.9 Å².